The largest absolute Gasteiger partial charge is 0.504 e. The Morgan fingerprint density at radius 2 is 2.09 bits per heavy atom. The van der Waals surface area contributed by atoms with Crippen LogP contribution < -0.4 is 10.1 Å². The van der Waals surface area contributed by atoms with Gasteiger partial charge < -0.3 is 14.9 Å². The minimum absolute atomic E-state index is 0.00295. The highest BCUT2D eigenvalue weighted by atomic mass is 32.1. The third-order valence-electron chi connectivity index (χ3n) is 3.11. The number of rotatable bonds is 4. The van der Waals surface area contributed by atoms with E-state index in [0.29, 0.717) is 5.56 Å². The molecule has 120 valence electrons. The van der Waals surface area contributed by atoms with Gasteiger partial charge in [0.25, 0.3) is 11.8 Å². The molecule has 0 aliphatic carbocycles. The summed E-state index contributed by atoms with van der Waals surface area (Å²) in [5, 5.41) is 21.7. The first-order valence-corrected chi connectivity index (χ1v) is 6.89. The average Bonchev–Trinajstić information content (AvgIpc) is 2.51. The maximum Gasteiger partial charge on any atom is 0.265 e. The van der Waals surface area contributed by atoms with Crippen LogP contribution >= 0.6 is 12.2 Å². The first-order valence-electron chi connectivity index (χ1n) is 6.48. The van der Waals surface area contributed by atoms with E-state index in [0.717, 1.165) is 0 Å². The number of phenolic OH excluding ortho intramolecular Hbond substituents is 2. The lowest BCUT2D eigenvalue weighted by Gasteiger charge is -2.27. The summed E-state index contributed by atoms with van der Waals surface area (Å²) in [6, 6.07) is 2.59. The van der Waals surface area contributed by atoms with Gasteiger partial charge in [0.05, 0.1) is 7.11 Å². The van der Waals surface area contributed by atoms with Gasteiger partial charge in [-0.3, -0.25) is 19.8 Å². The molecule has 2 amide bonds. The van der Waals surface area contributed by atoms with Crippen LogP contribution in [0.3, 0.4) is 0 Å². The van der Waals surface area contributed by atoms with E-state index >= 15 is 0 Å². The zero-order valence-corrected chi connectivity index (χ0v) is 13.0. The SMILES string of the molecule is C=CCN1C(=O)C(=Cc2cc(O)c(O)c(OC)c2)C(=O)NC1=S. The van der Waals surface area contributed by atoms with Crippen LogP contribution in [0.5, 0.6) is 17.2 Å². The number of hydrogen-bond donors (Lipinski definition) is 3. The zero-order chi connectivity index (χ0) is 17.1. The Labute approximate surface area is 137 Å². The molecule has 0 atom stereocenters. The van der Waals surface area contributed by atoms with E-state index in [1.807, 2.05) is 0 Å². The summed E-state index contributed by atoms with van der Waals surface area (Å²) >= 11 is 4.95. The number of carbonyl (C=O) groups is 2. The summed E-state index contributed by atoms with van der Waals surface area (Å²) in [4.78, 5) is 25.5. The molecule has 1 saturated heterocycles. The summed E-state index contributed by atoms with van der Waals surface area (Å²) in [5.41, 5.74) is 0.148. The highest BCUT2D eigenvalue weighted by Crippen LogP contribution is 2.37. The van der Waals surface area contributed by atoms with E-state index in [2.05, 4.69) is 11.9 Å². The van der Waals surface area contributed by atoms with Crippen molar-refractivity contribution in [3.05, 3.63) is 35.9 Å². The predicted molar refractivity (Wildman–Crippen MR) is 87.0 cm³/mol. The van der Waals surface area contributed by atoms with Gasteiger partial charge in [-0.15, -0.1) is 6.58 Å². The van der Waals surface area contributed by atoms with Crippen molar-refractivity contribution in [3.8, 4) is 17.2 Å². The molecule has 1 aromatic rings. The van der Waals surface area contributed by atoms with E-state index < -0.39 is 23.3 Å². The van der Waals surface area contributed by atoms with E-state index in [1.165, 1.54) is 36.3 Å². The fourth-order valence-electron chi connectivity index (χ4n) is 2.01. The molecule has 1 fully saturated rings. The maximum atomic E-state index is 12.4. The van der Waals surface area contributed by atoms with Crippen molar-refractivity contribution < 1.29 is 24.5 Å². The van der Waals surface area contributed by atoms with Gasteiger partial charge in [-0.05, 0) is 36.0 Å². The van der Waals surface area contributed by atoms with Gasteiger partial charge in [-0.1, -0.05) is 6.08 Å². The second kappa shape index (κ2) is 6.49. The van der Waals surface area contributed by atoms with Gasteiger partial charge in [0.15, 0.2) is 16.6 Å². The Kier molecular flexibility index (Phi) is 4.65. The molecular formula is C15H14N2O5S. The van der Waals surface area contributed by atoms with Crippen LogP contribution in [0.4, 0.5) is 0 Å². The second-order valence-electron chi connectivity index (χ2n) is 4.61. The van der Waals surface area contributed by atoms with Crippen LogP contribution in [0.2, 0.25) is 0 Å². The second-order valence-corrected chi connectivity index (χ2v) is 5.00. The van der Waals surface area contributed by atoms with Crippen molar-refractivity contribution in [2.24, 2.45) is 0 Å². The van der Waals surface area contributed by atoms with Crippen molar-refractivity contribution in [1.29, 1.82) is 0 Å². The number of amides is 2. The zero-order valence-electron chi connectivity index (χ0n) is 12.2. The van der Waals surface area contributed by atoms with Crippen LogP contribution in [0.25, 0.3) is 6.08 Å². The topological polar surface area (TPSA) is 99.1 Å². The summed E-state index contributed by atoms with van der Waals surface area (Å²) in [7, 11) is 1.31. The number of nitrogens with one attached hydrogen (secondary N) is 1. The highest BCUT2D eigenvalue weighted by Gasteiger charge is 2.32. The summed E-state index contributed by atoms with van der Waals surface area (Å²) in [6.07, 6.45) is 2.76. The minimum atomic E-state index is -0.646. The van der Waals surface area contributed by atoms with Crippen molar-refractivity contribution in [3.63, 3.8) is 0 Å². The van der Waals surface area contributed by atoms with E-state index in [1.54, 1.807) is 0 Å². The molecule has 0 bridgehead atoms. The number of thiocarbonyl (C=S) groups is 1. The lowest BCUT2D eigenvalue weighted by Crippen LogP contribution is -2.53. The molecular weight excluding hydrogens is 320 g/mol. The van der Waals surface area contributed by atoms with Gasteiger partial charge in [0, 0.05) is 6.54 Å². The normalized spacial score (nSPS) is 16.5. The van der Waals surface area contributed by atoms with Crippen LogP contribution in [0, 0.1) is 0 Å². The molecule has 0 saturated carbocycles. The summed E-state index contributed by atoms with van der Waals surface area (Å²) in [5.74, 6) is -2.07. The predicted octanol–water partition coefficient (Wildman–Crippen LogP) is 0.919. The number of nitrogens with zero attached hydrogens (tertiary/aromatic N) is 1. The Bertz CT molecular complexity index is 742. The minimum Gasteiger partial charge on any atom is -0.504 e. The van der Waals surface area contributed by atoms with E-state index in [-0.39, 0.29) is 23.0 Å². The smallest absolute Gasteiger partial charge is 0.265 e. The van der Waals surface area contributed by atoms with Gasteiger partial charge >= 0.3 is 0 Å². The number of benzene rings is 1. The Morgan fingerprint density at radius 1 is 1.39 bits per heavy atom. The molecule has 8 heteroatoms. The Balaban J connectivity index is 2.46. The number of ether oxygens (including phenoxy) is 1. The molecule has 1 aromatic carbocycles. The van der Waals surface area contributed by atoms with Crippen molar-refractivity contribution in [2.45, 2.75) is 0 Å². The van der Waals surface area contributed by atoms with E-state index in [9.17, 15) is 19.8 Å². The van der Waals surface area contributed by atoms with Gasteiger partial charge in [0.2, 0.25) is 5.75 Å². The van der Waals surface area contributed by atoms with Crippen molar-refractivity contribution >= 4 is 35.2 Å². The lowest BCUT2D eigenvalue weighted by atomic mass is 10.1. The monoisotopic (exact) mass is 334 g/mol. The molecule has 0 radical (unpaired) electrons. The van der Waals surface area contributed by atoms with Gasteiger partial charge in [-0.2, -0.15) is 0 Å². The van der Waals surface area contributed by atoms with Crippen molar-refractivity contribution in [2.75, 3.05) is 13.7 Å². The molecule has 2 rings (SSSR count). The first-order chi connectivity index (χ1) is 10.9. The number of hydrogen-bond acceptors (Lipinski definition) is 6. The van der Waals surface area contributed by atoms with Crippen LogP contribution in [-0.2, 0) is 9.59 Å². The quantitative estimate of drug-likeness (QED) is 0.249. The molecule has 1 heterocycles. The number of carbonyl (C=O) groups excluding carboxylic acids is 2. The third kappa shape index (κ3) is 3.16. The summed E-state index contributed by atoms with van der Waals surface area (Å²) < 4.78 is 4.92. The van der Waals surface area contributed by atoms with Crippen LogP contribution in [0.1, 0.15) is 5.56 Å². The molecule has 7 nitrogen and oxygen atoms in total. The van der Waals surface area contributed by atoms with Crippen LogP contribution in [0.15, 0.2) is 30.4 Å². The molecule has 1 aliphatic rings. The van der Waals surface area contributed by atoms with Crippen molar-refractivity contribution in [1.82, 2.24) is 10.2 Å². The standard InChI is InChI=1S/C15H14N2O5S/c1-3-4-17-14(21)9(13(20)16-15(17)23)5-8-6-10(18)12(19)11(7-8)22-2/h3,5-7,18-19H,1,4H2,2H3,(H,16,20,23). The Hall–Kier alpha value is -2.87. The molecule has 3 N–H and O–H groups in total. The third-order valence-corrected chi connectivity index (χ3v) is 3.43. The number of methoxy groups -OCH3 is 1. The first kappa shape index (κ1) is 16.5. The molecule has 23 heavy (non-hydrogen) atoms. The Morgan fingerprint density at radius 3 is 2.70 bits per heavy atom. The van der Waals surface area contributed by atoms with E-state index in [4.69, 9.17) is 17.0 Å². The molecule has 1 aliphatic heterocycles. The number of phenols is 2. The average molecular weight is 334 g/mol. The molecule has 0 spiro atoms. The molecule has 0 aromatic heterocycles. The molecule has 0 unspecified atom stereocenters. The summed E-state index contributed by atoms with van der Waals surface area (Å²) in [6.45, 7) is 3.68. The van der Waals surface area contributed by atoms with Gasteiger partial charge in [-0.25, -0.2) is 0 Å². The highest BCUT2D eigenvalue weighted by molar-refractivity contribution is 7.80. The fourth-order valence-corrected chi connectivity index (χ4v) is 2.26. The number of aromatic hydroxyl groups is 2. The lowest BCUT2D eigenvalue weighted by molar-refractivity contribution is -0.128. The fraction of sp³-hybridized carbons (Fsp3) is 0.133. The van der Waals surface area contributed by atoms with Crippen LogP contribution in [-0.4, -0.2) is 45.7 Å². The maximum absolute atomic E-state index is 12.4. The van der Waals surface area contributed by atoms with Gasteiger partial charge in [0.1, 0.15) is 5.57 Å².